The number of aryl methyl sites for hydroxylation is 2. The molecular formula is C30H35N3O3. The van der Waals surface area contributed by atoms with Crippen LogP contribution in [0.15, 0.2) is 72.0 Å². The van der Waals surface area contributed by atoms with Crippen LogP contribution in [0.4, 0.5) is 5.69 Å². The lowest BCUT2D eigenvalue weighted by Gasteiger charge is -2.33. The van der Waals surface area contributed by atoms with E-state index >= 15 is 0 Å². The van der Waals surface area contributed by atoms with E-state index in [1.807, 2.05) is 32.0 Å². The predicted octanol–water partition coefficient (Wildman–Crippen LogP) is 6.51. The molecule has 0 amide bonds. The van der Waals surface area contributed by atoms with Gasteiger partial charge in [0.2, 0.25) is 0 Å². The summed E-state index contributed by atoms with van der Waals surface area (Å²) in [6, 6.07) is 20.4. The molecule has 0 radical (unpaired) electrons. The predicted molar refractivity (Wildman–Crippen MR) is 143 cm³/mol. The molecule has 2 heterocycles. The van der Waals surface area contributed by atoms with Gasteiger partial charge in [-0.2, -0.15) is 4.91 Å². The lowest BCUT2D eigenvalue weighted by molar-refractivity contribution is -0.148. The van der Waals surface area contributed by atoms with Gasteiger partial charge in [-0.05, 0) is 86.6 Å². The number of carbonyl (C=O) groups is 1. The highest BCUT2D eigenvalue weighted by Gasteiger charge is 2.27. The van der Waals surface area contributed by atoms with Crippen LogP contribution in [0.5, 0.6) is 0 Å². The van der Waals surface area contributed by atoms with Crippen LogP contribution in [0.25, 0.3) is 0 Å². The Morgan fingerprint density at radius 3 is 2.42 bits per heavy atom. The SMILES string of the molecule is CCOC(=O)C1CCN(c2ccc(C(CC(N=O)c3ccnc(C)c3)c3ccccc3C)cc2)CC1. The van der Waals surface area contributed by atoms with Gasteiger partial charge in [-0.1, -0.05) is 41.6 Å². The number of benzene rings is 2. The fourth-order valence-electron chi connectivity index (χ4n) is 5.21. The molecule has 4 rings (SSSR count). The van der Waals surface area contributed by atoms with Crippen molar-refractivity contribution < 1.29 is 9.53 Å². The minimum atomic E-state index is -0.460. The maximum atomic E-state index is 12.1. The van der Waals surface area contributed by atoms with E-state index in [1.54, 1.807) is 6.20 Å². The van der Waals surface area contributed by atoms with Crippen molar-refractivity contribution in [2.45, 2.75) is 52.0 Å². The van der Waals surface area contributed by atoms with E-state index < -0.39 is 6.04 Å². The fraction of sp³-hybridized carbons (Fsp3) is 0.400. The van der Waals surface area contributed by atoms with Crippen molar-refractivity contribution in [1.82, 2.24) is 4.98 Å². The van der Waals surface area contributed by atoms with Crippen molar-refractivity contribution in [3.63, 3.8) is 0 Å². The van der Waals surface area contributed by atoms with Crippen LogP contribution in [0.3, 0.4) is 0 Å². The molecule has 0 N–H and O–H groups in total. The van der Waals surface area contributed by atoms with Crippen LogP contribution in [0.1, 0.15) is 66.1 Å². The number of nitrogens with zero attached hydrogens (tertiary/aromatic N) is 3. The highest BCUT2D eigenvalue weighted by Crippen LogP contribution is 2.38. The Hall–Kier alpha value is -3.54. The number of nitroso groups, excluding NO2 is 1. The smallest absolute Gasteiger partial charge is 0.309 e. The second-order valence-corrected chi connectivity index (χ2v) is 9.60. The van der Waals surface area contributed by atoms with Crippen molar-refractivity contribution in [3.8, 4) is 0 Å². The Morgan fingerprint density at radius 1 is 1.06 bits per heavy atom. The highest BCUT2D eigenvalue weighted by atomic mass is 16.5. The van der Waals surface area contributed by atoms with Gasteiger partial charge in [0, 0.05) is 36.6 Å². The molecule has 1 aromatic heterocycles. The summed E-state index contributed by atoms with van der Waals surface area (Å²) in [6.45, 7) is 8.00. The number of piperidine rings is 1. The van der Waals surface area contributed by atoms with Crippen molar-refractivity contribution in [2.75, 3.05) is 24.6 Å². The number of ether oxygens (including phenoxy) is 1. The molecule has 2 aromatic carbocycles. The van der Waals surface area contributed by atoms with Crippen molar-refractivity contribution >= 4 is 11.7 Å². The molecule has 36 heavy (non-hydrogen) atoms. The normalized spacial score (nSPS) is 15.8. The largest absolute Gasteiger partial charge is 0.466 e. The third kappa shape index (κ3) is 5.99. The van der Waals surface area contributed by atoms with Crippen LogP contribution >= 0.6 is 0 Å². The number of hydrogen-bond acceptors (Lipinski definition) is 6. The Bertz CT molecular complexity index is 1170. The summed E-state index contributed by atoms with van der Waals surface area (Å²) >= 11 is 0. The first-order valence-corrected chi connectivity index (χ1v) is 12.8. The zero-order chi connectivity index (χ0) is 25.5. The van der Waals surface area contributed by atoms with Crippen molar-refractivity contribution in [2.24, 2.45) is 11.1 Å². The van der Waals surface area contributed by atoms with E-state index in [0.717, 1.165) is 48.4 Å². The number of hydrogen-bond donors (Lipinski definition) is 0. The number of carbonyl (C=O) groups excluding carboxylic acids is 1. The molecule has 2 unspecified atom stereocenters. The summed E-state index contributed by atoms with van der Waals surface area (Å²) in [4.78, 5) is 30.6. The third-order valence-electron chi connectivity index (χ3n) is 7.23. The number of aromatic nitrogens is 1. The first kappa shape index (κ1) is 25.5. The summed E-state index contributed by atoms with van der Waals surface area (Å²) in [6.07, 6.45) is 3.95. The van der Waals surface area contributed by atoms with Gasteiger partial charge >= 0.3 is 5.97 Å². The third-order valence-corrected chi connectivity index (χ3v) is 7.23. The van der Waals surface area contributed by atoms with Crippen LogP contribution in [-0.4, -0.2) is 30.6 Å². The lowest BCUT2D eigenvalue weighted by Crippen LogP contribution is -2.36. The molecule has 1 saturated heterocycles. The Morgan fingerprint density at radius 2 is 1.78 bits per heavy atom. The van der Waals surface area contributed by atoms with Gasteiger partial charge in [0.15, 0.2) is 0 Å². The minimum Gasteiger partial charge on any atom is -0.466 e. The maximum absolute atomic E-state index is 12.1. The average molecular weight is 486 g/mol. The molecule has 0 spiro atoms. The summed E-state index contributed by atoms with van der Waals surface area (Å²) in [5, 5.41) is 3.52. The van der Waals surface area contributed by atoms with Crippen molar-refractivity contribution in [3.05, 3.63) is 99.7 Å². The van der Waals surface area contributed by atoms with Crippen molar-refractivity contribution in [1.29, 1.82) is 0 Å². The quantitative estimate of drug-likeness (QED) is 0.255. The van der Waals surface area contributed by atoms with Gasteiger partial charge in [-0.25, -0.2) is 0 Å². The molecule has 0 aliphatic carbocycles. The Balaban J connectivity index is 1.55. The molecular weight excluding hydrogens is 450 g/mol. The highest BCUT2D eigenvalue weighted by molar-refractivity contribution is 5.73. The molecule has 1 aliphatic heterocycles. The monoisotopic (exact) mass is 485 g/mol. The summed E-state index contributed by atoms with van der Waals surface area (Å²) in [5.41, 5.74) is 6.50. The summed E-state index contributed by atoms with van der Waals surface area (Å²) < 4.78 is 5.20. The van der Waals surface area contributed by atoms with E-state index in [4.69, 9.17) is 4.74 Å². The van der Waals surface area contributed by atoms with Crippen LogP contribution < -0.4 is 4.90 Å². The van der Waals surface area contributed by atoms with Gasteiger partial charge < -0.3 is 9.64 Å². The Labute approximate surface area is 213 Å². The van der Waals surface area contributed by atoms with Gasteiger partial charge in [0.1, 0.15) is 6.04 Å². The molecule has 0 saturated carbocycles. The zero-order valence-electron chi connectivity index (χ0n) is 21.4. The number of pyridine rings is 1. The van der Waals surface area contributed by atoms with E-state index in [-0.39, 0.29) is 17.8 Å². The van der Waals surface area contributed by atoms with Gasteiger partial charge in [-0.15, -0.1) is 0 Å². The number of esters is 1. The molecule has 6 nitrogen and oxygen atoms in total. The van der Waals surface area contributed by atoms with Crippen LogP contribution in [0, 0.1) is 24.7 Å². The lowest BCUT2D eigenvalue weighted by atomic mass is 9.82. The fourth-order valence-corrected chi connectivity index (χ4v) is 5.21. The average Bonchev–Trinajstić information content (AvgIpc) is 2.90. The molecule has 3 aromatic rings. The topological polar surface area (TPSA) is 71.9 Å². The molecule has 2 atom stereocenters. The molecule has 0 bridgehead atoms. The van der Waals surface area contributed by atoms with E-state index in [1.165, 1.54) is 11.1 Å². The standard InChI is InChI=1S/C30H35N3O3/c1-4-36-30(34)24-14-17-33(18-15-24)26-11-9-23(10-12-26)28(27-8-6-5-7-21(27)2)20-29(32-35)25-13-16-31-22(3)19-25/h5-13,16,19,24,28-29H,4,14-15,17-18,20H2,1-3H3. The van der Waals surface area contributed by atoms with Gasteiger partial charge in [0.25, 0.3) is 0 Å². The molecule has 188 valence electrons. The number of anilines is 1. The van der Waals surface area contributed by atoms with E-state index in [0.29, 0.717) is 13.0 Å². The molecule has 1 aliphatic rings. The zero-order valence-corrected chi connectivity index (χ0v) is 21.4. The number of rotatable bonds is 9. The second kappa shape index (κ2) is 11.9. The van der Waals surface area contributed by atoms with Crippen LogP contribution in [-0.2, 0) is 9.53 Å². The van der Waals surface area contributed by atoms with E-state index in [9.17, 15) is 9.70 Å². The maximum Gasteiger partial charge on any atom is 0.309 e. The second-order valence-electron chi connectivity index (χ2n) is 9.60. The Kier molecular flexibility index (Phi) is 8.47. The summed E-state index contributed by atoms with van der Waals surface area (Å²) in [7, 11) is 0. The first-order chi connectivity index (χ1) is 17.5. The first-order valence-electron chi connectivity index (χ1n) is 12.8. The summed E-state index contributed by atoms with van der Waals surface area (Å²) in [5.74, 6) is -0.0437. The van der Waals surface area contributed by atoms with Gasteiger partial charge in [0.05, 0.1) is 12.5 Å². The van der Waals surface area contributed by atoms with E-state index in [2.05, 4.69) is 64.4 Å². The van der Waals surface area contributed by atoms with Gasteiger partial charge in [-0.3, -0.25) is 9.78 Å². The molecule has 6 heteroatoms. The molecule has 1 fully saturated rings. The van der Waals surface area contributed by atoms with Crippen LogP contribution in [0.2, 0.25) is 0 Å². The minimum absolute atomic E-state index is 0.00416.